The zero-order chi connectivity index (χ0) is 26.9. The molecule has 9 nitrogen and oxygen atoms in total. The summed E-state index contributed by atoms with van der Waals surface area (Å²) >= 11 is 3.51. The van der Waals surface area contributed by atoms with Gasteiger partial charge in [-0.1, -0.05) is 44.2 Å². The molecule has 2 aromatic rings. The van der Waals surface area contributed by atoms with E-state index in [9.17, 15) is 14.4 Å². The van der Waals surface area contributed by atoms with Crippen molar-refractivity contribution in [2.45, 2.75) is 52.2 Å². The highest BCUT2D eigenvalue weighted by atomic mass is 79.9. The monoisotopic (exact) mass is 579 g/mol. The number of rotatable bonds is 13. The number of nitrogens with zero attached hydrogens (tertiary/aromatic N) is 1. The molecule has 0 radical (unpaired) electrons. The van der Waals surface area contributed by atoms with Crippen molar-refractivity contribution in [3.63, 3.8) is 0 Å². The maximum Gasteiger partial charge on any atom is 0.416 e. The van der Waals surface area contributed by atoms with Crippen molar-refractivity contribution in [3.05, 3.63) is 58.0 Å². The summed E-state index contributed by atoms with van der Waals surface area (Å²) in [5.41, 5.74) is 0.846. The first-order valence-corrected chi connectivity index (χ1v) is 13.2. The predicted octanol–water partition coefficient (Wildman–Crippen LogP) is 4.45. The first-order valence-electron chi connectivity index (χ1n) is 12.4. The Morgan fingerprint density at radius 3 is 2.59 bits per heavy atom. The molecule has 3 rings (SSSR count). The van der Waals surface area contributed by atoms with Crippen LogP contribution in [-0.4, -0.2) is 60.4 Å². The summed E-state index contributed by atoms with van der Waals surface area (Å²) in [4.78, 5) is 40.0. The Labute approximate surface area is 225 Å². The summed E-state index contributed by atoms with van der Waals surface area (Å²) in [5.74, 6) is -1.09. The van der Waals surface area contributed by atoms with Crippen molar-refractivity contribution >= 4 is 33.9 Å². The van der Waals surface area contributed by atoms with Gasteiger partial charge in [-0.3, -0.25) is 9.59 Å². The molecule has 2 heterocycles. The lowest BCUT2D eigenvalue weighted by Gasteiger charge is -2.30. The number of aryl methyl sites for hydroxylation is 1. The maximum atomic E-state index is 14.0. The molecular formula is C27H34BrNO8. The maximum absolute atomic E-state index is 14.0. The van der Waals surface area contributed by atoms with Crippen LogP contribution in [0.15, 0.2) is 45.3 Å². The van der Waals surface area contributed by atoms with E-state index >= 15 is 0 Å². The van der Waals surface area contributed by atoms with E-state index < -0.39 is 36.0 Å². The molecule has 0 saturated carbocycles. The number of aliphatic hydroxyl groups excluding tert-OH is 1. The van der Waals surface area contributed by atoms with Gasteiger partial charge in [0.1, 0.15) is 18.1 Å². The third kappa shape index (κ3) is 7.66. The Hall–Kier alpha value is -2.69. The standard InChI is InChI=1S/C27H34BrNO8/c1-17(2)22-16-35-27(33)29(22)26(32)20(14-19-8-5-4-6-9-19)25(36-18(3)31)24-15-21(28)23(37-24)10-7-12-34-13-11-30/h4-6,8-9,15,17,20,22,25,30H,7,10-14,16H2,1-3H3. The van der Waals surface area contributed by atoms with E-state index in [1.807, 2.05) is 44.2 Å². The Morgan fingerprint density at radius 2 is 1.95 bits per heavy atom. The Morgan fingerprint density at radius 1 is 1.22 bits per heavy atom. The molecule has 0 aliphatic carbocycles. The molecule has 0 spiro atoms. The van der Waals surface area contributed by atoms with Crippen molar-refractivity contribution in [2.75, 3.05) is 26.4 Å². The third-order valence-electron chi connectivity index (χ3n) is 6.17. The highest BCUT2D eigenvalue weighted by Crippen LogP contribution is 2.37. The molecule has 3 atom stereocenters. The second-order valence-electron chi connectivity index (χ2n) is 9.28. The second-order valence-corrected chi connectivity index (χ2v) is 10.1. The molecule has 1 aliphatic heterocycles. The molecule has 202 valence electrons. The van der Waals surface area contributed by atoms with Gasteiger partial charge in [0.2, 0.25) is 5.91 Å². The Kier molecular flexibility index (Phi) is 10.7. The number of cyclic esters (lactones) is 1. The number of carbonyl (C=O) groups is 3. The van der Waals surface area contributed by atoms with Crippen LogP contribution in [0.3, 0.4) is 0 Å². The number of aliphatic hydroxyl groups is 1. The summed E-state index contributed by atoms with van der Waals surface area (Å²) < 4.78 is 23.0. The SMILES string of the molecule is CC(=O)OC(c1cc(Br)c(CCCOCCO)o1)C(Cc1ccccc1)C(=O)N1C(=O)OCC1C(C)C. The van der Waals surface area contributed by atoms with Crippen molar-refractivity contribution < 1.29 is 38.1 Å². The second kappa shape index (κ2) is 13.7. The minimum absolute atomic E-state index is 0.0163. The molecule has 1 aromatic carbocycles. The average molecular weight is 580 g/mol. The van der Waals surface area contributed by atoms with Gasteiger partial charge in [-0.25, -0.2) is 9.69 Å². The third-order valence-corrected chi connectivity index (χ3v) is 6.84. The number of hydrogen-bond acceptors (Lipinski definition) is 8. The molecule has 2 amide bonds. The number of benzene rings is 1. The van der Waals surface area contributed by atoms with Crippen molar-refractivity contribution in [1.82, 2.24) is 4.90 Å². The van der Waals surface area contributed by atoms with Crippen LogP contribution in [0.2, 0.25) is 0 Å². The van der Waals surface area contributed by atoms with E-state index in [1.165, 1.54) is 6.92 Å². The Bertz CT molecular complexity index is 1050. The number of halogens is 1. The summed E-state index contributed by atoms with van der Waals surface area (Å²) in [7, 11) is 0. The van der Waals surface area contributed by atoms with Crippen molar-refractivity contribution in [3.8, 4) is 0 Å². The summed E-state index contributed by atoms with van der Waals surface area (Å²) in [6.07, 6.45) is -0.375. The van der Waals surface area contributed by atoms with Gasteiger partial charge in [-0.2, -0.15) is 0 Å². The van der Waals surface area contributed by atoms with E-state index in [4.69, 9.17) is 23.7 Å². The quantitative estimate of drug-likeness (QED) is 0.273. The highest BCUT2D eigenvalue weighted by Gasteiger charge is 2.46. The molecule has 1 aromatic heterocycles. The van der Waals surface area contributed by atoms with Gasteiger partial charge < -0.3 is 23.7 Å². The van der Waals surface area contributed by atoms with Crippen LogP contribution in [0.25, 0.3) is 0 Å². The lowest BCUT2D eigenvalue weighted by atomic mass is 9.90. The van der Waals surface area contributed by atoms with Gasteiger partial charge in [0.15, 0.2) is 6.10 Å². The van der Waals surface area contributed by atoms with Gasteiger partial charge in [0, 0.05) is 20.0 Å². The smallest absolute Gasteiger partial charge is 0.416 e. The molecule has 1 aliphatic rings. The normalized spacial score (nSPS) is 17.1. The number of furan rings is 1. The summed E-state index contributed by atoms with van der Waals surface area (Å²) in [6, 6.07) is 10.6. The van der Waals surface area contributed by atoms with Gasteiger partial charge >= 0.3 is 12.1 Å². The predicted molar refractivity (Wildman–Crippen MR) is 138 cm³/mol. The molecular weight excluding hydrogens is 546 g/mol. The molecule has 1 fully saturated rings. The number of ether oxygens (including phenoxy) is 3. The first-order chi connectivity index (χ1) is 17.7. The fourth-order valence-electron chi connectivity index (χ4n) is 4.31. The molecule has 37 heavy (non-hydrogen) atoms. The molecule has 1 saturated heterocycles. The fraction of sp³-hybridized carbons (Fsp3) is 0.519. The molecule has 0 bridgehead atoms. The van der Waals surface area contributed by atoms with E-state index in [1.54, 1.807) is 6.07 Å². The molecule has 3 unspecified atom stereocenters. The van der Waals surface area contributed by atoms with Crippen LogP contribution < -0.4 is 0 Å². The zero-order valence-corrected chi connectivity index (χ0v) is 22.9. The van der Waals surface area contributed by atoms with E-state index in [0.717, 1.165) is 10.5 Å². The topological polar surface area (TPSA) is 116 Å². The van der Waals surface area contributed by atoms with Crippen LogP contribution in [0, 0.1) is 11.8 Å². The lowest BCUT2D eigenvalue weighted by Crippen LogP contribution is -2.47. The first kappa shape index (κ1) is 28.9. The van der Waals surface area contributed by atoms with Crippen LogP contribution in [0.4, 0.5) is 4.79 Å². The number of hydrogen-bond donors (Lipinski definition) is 1. The van der Waals surface area contributed by atoms with E-state index in [0.29, 0.717) is 35.4 Å². The molecule has 10 heteroatoms. The van der Waals surface area contributed by atoms with Crippen LogP contribution in [-0.2, 0) is 36.6 Å². The van der Waals surface area contributed by atoms with Crippen molar-refractivity contribution in [1.29, 1.82) is 0 Å². The van der Waals surface area contributed by atoms with Gasteiger partial charge in [-0.15, -0.1) is 0 Å². The van der Waals surface area contributed by atoms with Crippen LogP contribution in [0.1, 0.15) is 50.4 Å². The van der Waals surface area contributed by atoms with Gasteiger partial charge in [-0.05, 0) is 46.3 Å². The molecule has 1 N–H and O–H groups in total. The highest BCUT2D eigenvalue weighted by molar-refractivity contribution is 9.10. The number of esters is 1. The largest absolute Gasteiger partial charge is 0.461 e. The minimum atomic E-state index is -1.07. The minimum Gasteiger partial charge on any atom is -0.461 e. The average Bonchev–Trinajstić information content (AvgIpc) is 3.43. The lowest BCUT2D eigenvalue weighted by molar-refractivity contribution is -0.155. The number of imide groups is 1. The van der Waals surface area contributed by atoms with E-state index in [2.05, 4.69) is 15.9 Å². The van der Waals surface area contributed by atoms with Crippen LogP contribution in [0.5, 0.6) is 0 Å². The Balaban J connectivity index is 1.95. The fourth-order valence-corrected chi connectivity index (χ4v) is 4.81. The number of carbonyl (C=O) groups excluding carboxylic acids is 3. The van der Waals surface area contributed by atoms with Crippen molar-refractivity contribution in [2.24, 2.45) is 11.8 Å². The van der Waals surface area contributed by atoms with Gasteiger partial charge in [0.25, 0.3) is 0 Å². The summed E-state index contributed by atoms with van der Waals surface area (Å²) in [5, 5.41) is 8.85. The van der Waals surface area contributed by atoms with Gasteiger partial charge in [0.05, 0.1) is 29.6 Å². The van der Waals surface area contributed by atoms with Crippen LogP contribution >= 0.6 is 15.9 Å². The summed E-state index contributed by atoms with van der Waals surface area (Å²) in [6.45, 7) is 5.89. The zero-order valence-electron chi connectivity index (χ0n) is 21.4. The van der Waals surface area contributed by atoms with E-state index in [-0.39, 0.29) is 32.2 Å². The number of amides is 2.